The van der Waals surface area contributed by atoms with E-state index in [1.807, 2.05) is 73.8 Å². The summed E-state index contributed by atoms with van der Waals surface area (Å²) < 4.78 is 6.54. The van der Waals surface area contributed by atoms with E-state index in [0.717, 1.165) is 50.5 Å². The fraction of sp³-hybridized carbons (Fsp3) is 0.263. The Morgan fingerprint density at radius 1 is 0.958 bits per heavy atom. The van der Waals surface area contributed by atoms with Gasteiger partial charge in [0.25, 0.3) is 5.91 Å². The summed E-state index contributed by atoms with van der Waals surface area (Å²) in [4.78, 5) is 27.7. The number of thiophene rings is 1. The van der Waals surface area contributed by atoms with E-state index < -0.39 is 17.9 Å². The zero-order valence-corrected chi connectivity index (χ0v) is 30.3. The fourth-order valence-electron chi connectivity index (χ4n) is 5.53. The molecule has 48 heavy (non-hydrogen) atoms. The zero-order valence-electron chi connectivity index (χ0n) is 27.9. The van der Waals surface area contributed by atoms with Gasteiger partial charge in [0.15, 0.2) is 0 Å². The van der Waals surface area contributed by atoms with Crippen molar-refractivity contribution in [3.8, 4) is 33.6 Å². The van der Waals surface area contributed by atoms with Gasteiger partial charge in [-0.1, -0.05) is 41.9 Å². The average Bonchev–Trinajstić information content (AvgIpc) is 3.74. The van der Waals surface area contributed by atoms with Gasteiger partial charge in [-0.15, -0.1) is 0 Å². The molecule has 3 aromatic carbocycles. The van der Waals surface area contributed by atoms with Crippen LogP contribution >= 0.6 is 34.7 Å². The third-order valence-electron chi connectivity index (χ3n) is 8.16. The Balaban J connectivity index is 0.00000520. The Bertz CT molecular complexity index is 1820. The number of carboxylic acid groups (broad SMARTS) is 1. The molecule has 0 fully saturated rings. The predicted octanol–water partition coefficient (Wildman–Crippen LogP) is 5.32. The topological polar surface area (TPSA) is 85.6 Å². The molecule has 0 bridgehead atoms. The molecule has 0 aliphatic heterocycles. The molecule has 0 radical (unpaired) electrons. The maximum Gasteiger partial charge on any atom is 1.00 e. The Morgan fingerprint density at radius 3 is 2.35 bits per heavy atom. The number of hydrogen-bond acceptors (Lipinski definition) is 7. The number of nitrogens with zero attached hydrogens (tertiary/aromatic N) is 1. The average molecular weight is 693 g/mol. The number of thioether (sulfide) groups is 1. The van der Waals surface area contributed by atoms with E-state index in [-0.39, 0.29) is 31.3 Å². The number of carboxylic acids is 1. The van der Waals surface area contributed by atoms with E-state index >= 15 is 0 Å². The molecule has 0 saturated carbocycles. The number of nitrogens with one attached hydrogen (secondary N) is 1. The maximum absolute atomic E-state index is 13.5. The first-order valence-electron chi connectivity index (χ1n) is 15.5. The third-order valence-corrected chi connectivity index (χ3v) is 9.74. The van der Waals surface area contributed by atoms with Gasteiger partial charge < -0.3 is 19.6 Å². The van der Waals surface area contributed by atoms with Crippen molar-refractivity contribution in [2.45, 2.75) is 52.4 Å². The van der Waals surface area contributed by atoms with E-state index in [1.165, 1.54) is 11.8 Å². The molecule has 1 amide bonds. The molecule has 1 atom stereocenters. The molecule has 244 valence electrons. The molecule has 5 rings (SSSR count). The van der Waals surface area contributed by atoms with Crippen LogP contribution in [-0.2, 0) is 17.9 Å². The van der Waals surface area contributed by atoms with Crippen LogP contribution in [0.2, 0.25) is 5.02 Å². The monoisotopic (exact) mass is 692 g/mol. The van der Waals surface area contributed by atoms with Crippen LogP contribution in [0.5, 0.6) is 0 Å². The van der Waals surface area contributed by atoms with Crippen LogP contribution in [0.3, 0.4) is 0 Å². The van der Waals surface area contributed by atoms with Crippen molar-refractivity contribution in [1.82, 2.24) is 10.2 Å². The number of furan rings is 1. The van der Waals surface area contributed by atoms with E-state index in [9.17, 15) is 14.7 Å². The second kappa shape index (κ2) is 17.4. The van der Waals surface area contributed by atoms with Crippen LogP contribution in [0.1, 0.15) is 47.5 Å². The summed E-state index contributed by atoms with van der Waals surface area (Å²) in [5.41, 5.74) is 7.25. The molecular weight excluding hydrogens is 655 g/mol. The van der Waals surface area contributed by atoms with Gasteiger partial charge in [0, 0.05) is 34.3 Å². The fourth-order valence-corrected chi connectivity index (χ4v) is 6.78. The van der Waals surface area contributed by atoms with Gasteiger partial charge in [0.05, 0.1) is 18.6 Å². The molecule has 0 saturated heterocycles. The van der Waals surface area contributed by atoms with Gasteiger partial charge in [0.1, 0.15) is 11.5 Å². The molecule has 2 heterocycles. The van der Waals surface area contributed by atoms with E-state index in [2.05, 4.69) is 47.0 Å². The number of carbonyl (C=O) groups is 2. The summed E-state index contributed by atoms with van der Waals surface area (Å²) >= 11 is 9.35. The van der Waals surface area contributed by atoms with Crippen LogP contribution in [0.4, 0.5) is 0 Å². The summed E-state index contributed by atoms with van der Waals surface area (Å²) in [5, 5.41) is 19.4. The zero-order chi connectivity index (χ0) is 33.5. The molecule has 0 aliphatic rings. The second-order valence-electron chi connectivity index (χ2n) is 11.8. The standard InChI is InChI=1S/C38H39ClN2O4S2.Li/c1-24(2)41(22-30-20-33(28-15-18-47-23-28)36(45-30)27-10-12-29(39)13-11-27)21-26-9-14-32(34(19-26)31-8-6-5-7-25(31)3)37(42)40-35(38(43)44)16-17-46-4;/h5-15,18-20,23-24,35H,16-17,21-22H2,1-4H3,(H,40,42)(H,43,44);/q;+1/p-1/t35-;/m0./s1. The first-order chi connectivity index (χ1) is 22.6. The minimum Gasteiger partial charge on any atom is -0.548 e. The van der Waals surface area contributed by atoms with Crippen molar-refractivity contribution in [3.05, 3.63) is 117 Å². The van der Waals surface area contributed by atoms with Gasteiger partial charge >= 0.3 is 18.9 Å². The minimum atomic E-state index is -1.28. The van der Waals surface area contributed by atoms with Crippen molar-refractivity contribution < 1.29 is 38.0 Å². The van der Waals surface area contributed by atoms with Gasteiger partial charge in [-0.05, 0) is 126 Å². The number of halogens is 1. The van der Waals surface area contributed by atoms with Crippen LogP contribution in [0.15, 0.2) is 94.0 Å². The Hall–Kier alpha value is -3.22. The quantitative estimate of drug-likeness (QED) is 0.159. The maximum atomic E-state index is 13.5. The van der Waals surface area contributed by atoms with Crippen molar-refractivity contribution >= 4 is 46.6 Å². The van der Waals surface area contributed by atoms with Gasteiger partial charge in [-0.3, -0.25) is 9.69 Å². The number of hydrogen-bond donors (Lipinski definition) is 1. The van der Waals surface area contributed by atoms with E-state index in [0.29, 0.717) is 29.4 Å². The summed E-state index contributed by atoms with van der Waals surface area (Å²) in [6.45, 7) is 7.50. The summed E-state index contributed by atoms with van der Waals surface area (Å²) in [6.07, 6.45) is 2.19. The van der Waals surface area contributed by atoms with Crippen molar-refractivity contribution in [2.75, 3.05) is 12.0 Å². The van der Waals surface area contributed by atoms with Gasteiger partial charge in [-0.2, -0.15) is 23.1 Å². The SMILES string of the molecule is CSCC[C@H](NC(=O)c1ccc(CN(Cc2cc(-c3ccsc3)c(-c3ccc(Cl)cc3)o2)C(C)C)cc1-c1ccccc1C)C(=O)[O-].[Li+]. The molecule has 0 aliphatic carbocycles. The molecular formula is C38H38ClLiN2O4S2. The minimum absolute atomic E-state index is 0. The Morgan fingerprint density at radius 2 is 1.71 bits per heavy atom. The number of benzene rings is 3. The van der Waals surface area contributed by atoms with Crippen molar-refractivity contribution in [2.24, 2.45) is 0 Å². The largest absolute Gasteiger partial charge is 1.00 e. The summed E-state index contributed by atoms with van der Waals surface area (Å²) in [7, 11) is 0. The number of rotatable bonds is 14. The number of carbonyl (C=O) groups excluding carboxylic acids is 2. The number of aliphatic carboxylic acids is 1. The molecule has 0 unspecified atom stereocenters. The molecule has 5 aromatic rings. The van der Waals surface area contributed by atoms with Gasteiger partial charge in [0.2, 0.25) is 0 Å². The van der Waals surface area contributed by atoms with E-state index in [1.54, 1.807) is 17.4 Å². The van der Waals surface area contributed by atoms with Crippen LogP contribution in [-0.4, -0.2) is 40.9 Å². The first-order valence-corrected chi connectivity index (χ1v) is 18.2. The molecule has 10 heteroatoms. The Kier molecular flexibility index (Phi) is 13.7. The van der Waals surface area contributed by atoms with Gasteiger partial charge in [-0.25, -0.2) is 0 Å². The smallest absolute Gasteiger partial charge is 0.548 e. The van der Waals surface area contributed by atoms with Crippen LogP contribution in [0.25, 0.3) is 33.6 Å². The van der Waals surface area contributed by atoms with Crippen LogP contribution < -0.4 is 29.3 Å². The normalized spacial score (nSPS) is 11.8. The van der Waals surface area contributed by atoms with Crippen molar-refractivity contribution in [3.63, 3.8) is 0 Å². The van der Waals surface area contributed by atoms with E-state index in [4.69, 9.17) is 16.0 Å². The molecule has 1 N–H and O–H groups in total. The Labute approximate surface area is 308 Å². The summed E-state index contributed by atoms with van der Waals surface area (Å²) in [6, 6.07) is 24.7. The number of aryl methyl sites for hydroxylation is 1. The number of amides is 1. The molecule has 0 spiro atoms. The summed E-state index contributed by atoms with van der Waals surface area (Å²) in [5.74, 6) is 0.534. The first kappa shape index (κ1) is 37.6. The van der Waals surface area contributed by atoms with Crippen molar-refractivity contribution in [1.29, 1.82) is 0 Å². The molecule has 2 aromatic heterocycles. The third kappa shape index (κ3) is 9.26. The second-order valence-corrected chi connectivity index (χ2v) is 14.0. The predicted molar refractivity (Wildman–Crippen MR) is 193 cm³/mol. The van der Waals surface area contributed by atoms with Crippen LogP contribution in [0, 0.1) is 6.92 Å². The molecule has 6 nitrogen and oxygen atoms in total.